The number of hydrogen-bond acceptors (Lipinski definition) is 8. The minimum Gasteiger partial charge on any atom is -0.497 e. The van der Waals surface area contributed by atoms with E-state index in [2.05, 4.69) is 15.5 Å². The van der Waals surface area contributed by atoms with Gasteiger partial charge in [0.15, 0.2) is 4.34 Å². The molecule has 2 heterocycles. The van der Waals surface area contributed by atoms with Gasteiger partial charge in [-0.25, -0.2) is 0 Å². The molecule has 0 aliphatic carbocycles. The Kier molecular flexibility index (Phi) is 6.33. The number of hydrogen-bond donors (Lipinski definition) is 1. The van der Waals surface area contributed by atoms with Gasteiger partial charge in [-0.2, -0.15) is 0 Å². The average molecular weight is 395 g/mol. The topological polar surface area (TPSA) is 76.6 Å². The highest BCUT2D eigenvalue weighted by molar-refractivity contribution is 8.01. The number of benzene rings is 1. The van der Waals surface area contributed by atoms with E-state index in [4.69, 9.17) is 9.47 Å². The van der Waals surface area contributed by atoms with Crippen molar-refractivity contribution in [2.24, 2.45) is 0 Å². The van der Waals surface area contributed by atoms with Crippen LogP contribution in [0.5, 0.6) is 5.75 Å². The van der Waals surface area contributed by atoms with Crippen molar-refractivity contribution in [3.8, 4) is 5.75 Å². The monoisotopic (exact) mass is 394 g/mol. The minimum atomic E-state index is 0.0768. The van der Waals surface area contributed by atoms with Crippen LogP contribution in [-0.4, -0.2) is 59.2 Å². The lowest BCUT2D eigenvalue weighted by atomic mass is 10.2. The zero-order chi connectivity index (χ0) is 18.5. The van der Waals surface area contributed by atoms with E-state index in [0.29, 0.717) is 24.0 Å². The first kappa shape index (κ1) is 18.9. The number of nitrogens with one attached hydrogen (secondary N) is 1. The summed E-state index contributed by atoms with van der Waals surface area (Å²) in [6, 6.07) is 7.60. The molecule has 1 amide bonds. The van der Waals surface area contributed by atoms with Gasteiger partial charge in [0.1, 0.15) is 5.75 Å². The van der Waals surface area contributed by atoms with E-state index in [-0.39, 0.29) is 18.1 Å². The second-order valence-corrected chi connectivity index (χ2v) is 8.27. The summed E-state index contributed by atoms with van der Waals surface area (Å²) in [4.78, 5) is 14.3. The number of carbonyl (C=O) groups excluding carboxylic acids is 1. The number of rotatable bonds is 6. The van der Waals surface area contributed by atoms with Crippen LogP contribution in [0.2, 0.25) is 0 Å². The van der Waals surface area contributed by atoms with Gasteiger partial charge in [0.2, 0.25) is 11.0 Å². The lowest BCUT2D eigenvalue weighted by Gasteiger charge is -2.35. The molecule has 7 nitrogen and oxygen atoms in total. The number of thioether (sulfide) groups is 1. The summed E-state index contributed by atoms with van der Waals surface area (Å²) >= 11 is 2.84. The van der Waals surface area contributed by atoms with Crippen molar-refractivity contribution < 1.29 is 14.3 Å². The normalized spacial score (nSPS) is 20.0. The number of nitrogens with zero attached hydrogens (tertiary/aromatic N) is 3. The van der Waals surface area contributed by atoms with Gasteiger partial charge in [0.05, 0.1) is 25.1 Å². The maximum Gasteiger partial charge on any atom is 0.233 e. The lowest BCUT2D eigenvalue weighted by Crippen LogP contribution is -2.48. The SMILES string of the molecule is COc1cccc(Nc2nnc(SCC(=O)N3C[C@@H](C)O[C@@H](C)C3)s2)c1. The number of aromatic nitrogens is 2. The van der Waals surface area contributed by atoms with E-state index in [1.54, 1.807) is 7.11 Å². The Bertz CT molecular complexity index is 745. The van der Waals surface area contributed by atoms with Crippen LogP contribution in [0.25, 0.3) is 0 Å². The number of anilines is 2. The third-order valence-electron chi connectivity index (χ3n) is 3.82. The van der Waals surface area contributed by atoms with Crippen LogP contribution in [0.4, 0.5) is 10.8 Å². The second-order valence-electron chi connectivity index (χ2n) is 6.07. The molecular formula is C17H22N4O3S2. The maximum atomic E-state index is 12.4. The molecule has 0 saturated carbocycles. The molecule has 140 valence electrons. The molecule has 1 fully saturated rings. The van der Waals surface area contributed by atoms with Crippen molar-refractivity contribution in [2.45, 2.75) is 30.4 Å². The van der Waals surface area contributed by atoms with Gasteiger partial charge in [-0.1, -0.05) is 29.2 Å². The number of methoxy groups -OCH3 is 1. The Morgan fingerprint density at radius 3 is 2.88 bits per heavy atom. The van der Waals surface area contributed by atoms with E-state index >= 15 is 0 Å². The molecule has 9 heteroatoms. The Hall–Kier alpha value is -1.84. The number of ether oxygens (including phenoxy) is 2. The van der Waals surface area contributed by atoms with E-state index in [1.807, 2.05) is 43.0 Å². The van der Waals surface area contributed by atoms with Gasteiger partial charge in [-0.3, -0.25) is 4.79 Å². The van der Waals surface area contributed by atoms with Crippen LogP contribution in [0.15, 0.2) is 28.6 Å². The summed E-state index contributed by atoms with van der Waals surface area (Å²) in [7, 11) is 1.63. The van der Waals surface area contributed by atoms with Crippen molar-refractivity contribution in [1.29, 1.82) is 0 Å². The summed E-state index contributed by atoms with van der Waals surface area (Å²) in [5, 5.41) is 12.2. The minimum absolute atomic E-state index is 0.0768. The van der Waals surface area contributed by atoms with Gasteiger partial charge in [-0.15, -0.1) is 10.2 Å². The standard InChI is InChI=1S/C17H22N4O3S2/c1-11-8-21(9-12(2)24-11)15(22)10-25-17-20-19-16(26-17)18-13-5-4-6-14(7-13)23-3/h4-7,11-12H,8-10H2,1-3H3,(H,18,19)/t11-,12+. The van der Waals surface area contributed by atoms with Gasteiger partial charge in [0, 0.05) is 24.8 Å². The van der Waals surface area contributed by atoms with E-state index < -0.39 is 0 Å². The quantitative estimate of drug-likeness (QED) is 0.755. The summed E-state index contributed by atoms with van der Waals surface area (Å²) in [6.07, 6.45) is 0.154. The van der Waals surface area contributed by atoms with Crippen LogP contribution in [-0.2, 0) is 9.53 Å². The number of carbonyl (C=O) groups is 1. The first-order valence-corrected chi connectivity index (χ1v) is 10.1. The zero-order valence-electron chi connectivity index (χ0n) is 15.0. The Morgan fingerprint density at radius 2 is 2.15 bits per heavy atom. The first-order chi connectivity index (χ1) is 12.5. The highest BCUT2D eigenvalue weighted by atomic mass is 32.2. The second kappa shape index (κ2) is 8.70. The molecule has 2 atom stereocenters. The fraction of sp³-hybridized carbons (Fsp3) is 0.471. The van der Waals surface area contributed by atoms with Crippen LogP contribution >= 0.6 is 23.1 Å². The lowest BCUT2D eigenvalue weighted by molar-refractivity contribution is -0.140. The Labute approximate surface area is 161 Å². The first-order valence-electron chi connectivity index (χ1n) is 8.34. The number of amides is 1. The average Bonchev–Trinajstić information content (AvgIpc) is 3.06. The van der Waals surface area contributed by atoms with Crippen molar-refractivity contribution >= 4 is 39.8 Å². The molecule has 0 radical (unpaired) electrons. The molecular weight excluding hydrogens is 372 g/mol. The third kappa shape index (κ3) is 5.09. The molecule has 2 aromatic rings. The van der Waals surface area contributed by atoms with E-state index in [9.17, 15) is 4.79 Å². The summed E-state index contributed by atoms with van der Waals surface area (Å²) in [5.74, 6) is 1.23. The molecule has 1 saturated heterocycles. The largest absolute Gasteiger partial charge is 0.497 e. The maximum absolute atomic E-state index is 12.4. The number of morpholine rings is 1. The predicted octanol–water partition coefficient (Wildman–Crippen LogP) is 3.02. The molecule has 0 bridgehead atoms. The molecule has 1 N–H and O–H groups in total. The zero-order valence-corrected chi connectivity index (χ0v) is 16.6. The highest BCUT2D eigenvalue weighted by Crippen LogP contribution is 2.29. The smallest absolute Gasteiger partial charge is 0.233 e. The van der Waals surface area contributed by atoms with Gasteiger partial charge in [-0.05, 0) is 26.0 Å². The van der Waals surface area contributed by atoms with Crippen molar-refractivity contribution in [3.05, 3.63) is 24.3 Å². The Balaban J connectivity index is 1.52. The molecule has 1 aromatic heterocycles. The van der Waals surface area contributed by atoms with Crippen molar-refractivity contribution in [3.63, 3.8) is 0 Å². The van der Waals surface area contributed by atoms with Gasteiger partial charge < -0.3 is 19.7 Å². The molecule has 1 aliphatic heterocycles. The highest BCUT2D eigenvalue weighted by Gasteiger charge is 2.25. The van der Waals surface area contributed by atoms with Crippen LogP contribution in [0.3, 0.4) is 0 Å². The molecule has 0 spiro atoms. The van der Waals surface area contributed by atoms with Crippen LogP contribution < -0.4 is 10.1 Å². The molecule has 1 aromatic carbocycles. The third-order valence-corrected chi connectivity index (χ3v) is 5.78. The summed E-state index contributed by atoms with van der Waals surface area (Å²) in [6.45, 7) is 5.26. The van der Waals surface area contributed by atoms with Crippen molar-refractivity contribution in [1.82, 2.24) is 15.1 Å². The molecule has 1 aliphatic rings. The van der Waals surface area contributed by atoms with Crippen LogP contribution in [0, 0.1) is 0 Å². The van der Waals surface area contributed by atoms with E-state index in [1.165, 1.54) is 23.1 Å². The molecule has 0 unspecified atom stereocenters. The molecule has 3 rings (SSSR count). The fourth-order valence-corrected chi connectivity index (χ4v) is 4.41. The van der Waals surface area contributed by atoms with Gasteiger partial charge >= 0.3 is 0 Å². The van der Waals surface area contributed by atoms with E-state index in [0.717, 1.165) is 15.8 Å². The van der Waals surface area contributed by atoms with Crippen LogP contribution in [0.1, 0.15) is 13.8 Å². The molecule has 26 heavy (non-hydrogen) atoms. The fourth-order valence-electron chi connectivity index (χ4n) is 2.74. The summed E-state index contributed by atoms with van der Waals surface area (Å²) in [5.41, 5.74) is 0.879. The van der Waals surface area contributed by atoms with Crippen molar-refractivity contribution in [2.75, 3.05) is 31.3 Å². The van der Waals surface area contributed by atoms with Gasteiger partial charge in [0.25, 0.3) is 0 Å². The summed E-state index contributed by atoms with van der Waals surface area (Å²) < 4.78 is 11.6. The predicted molar refractivity (Wildman–Crippen MR) is 103 cm³/mol. The Morgan fingerprint density at radius 1 is 1.38 bits per heavy atom.